The lowest BCUT2D eigenvalue weighted by Gasteiger charge is -2.19. The molecule has 2 unspecified atom stereocenters. The number of phenolic OH excluding ortho intramolecular Hbond substituents is 1. The molecule has 0 aliphatic heterocycles. The van der Waals surface area contributed by atoms with Gasteiger partial charge in [0.1, 0.15) is 6.10 Å². The molecule has 0 radical (unpaired) electrons. The maximum atomic E-state index is 9.75. The minimum Gasteiger partial charge on any atom is -0.503 e. The van der Waals surface area contributed by atoms with Gasteiger partial charge in [0.2, 0.25) is 0 Å². The van der Waals surface area contributed by atoms with E-state index in [2.05, 4.69) is 15.9 Å². The molecule has 0 aromatic heterocycles. The van der Waals surface area contributed by atoms with Crippen molar-refractivity contribution in [2.75, 3.05) is 13.7 Å². The number of aromatic hydroxyl groups is 1. The van der Waals surface area contributed by atoms with E-state index < -0.39 is 12.2 Å². The lowest BCUT2D eigenvalue weighted by Crippen LogP contribution is -2.27. The molecule has 0 fully saturated rings. The zero-order valence-electron chi connectivity index (χ0n) is 8.72. The van der Waals surface area contributed by atoms with Crippen LogP contribution < -0.4 is 10.5 Å². The molecule has 1 rings (SSSR count). The van der Waals surface area contributed by atoms with Gasteiger partial charge in [-0.2, -0.15) is 0 Å². The molecule has 5 N–H and O–H groups in total. The van der Waals surface area contributed by atoms with Gasteiger partial charge in [-0.1, -0.05) is 6.07 Å². The SMILES string of the molecule is COc1ccc(C(O)C(O)CN)c(Br)c1O. The third-order valence-electron chi connectivity index (χ3n) is 2.25. The van der Waals surface area contributed by atoms with Gasteiger partial charge in [0, 0.05) is 12.1 Å². The Morgan fingerprint density at radius 3 is 2.56 bits per heavy atom. The minimum absolute atomic E-state index is 0.0690. The fraction of sp³-hybridized carbons (Fsp3) is 0.400. The number of hydrogen-bond donors (Lipinski definition) is 4. The summed E-state index contributed by atoms with van der Waals surface area (Å²) in [7, 11) is 1.42. The number of ether oxygens (including phenoxy) is 1. The number of halogens is 1. The molecule has 0 amide bonds. The van der Waals surface area contributed by atoms with E-state index in [-0.39, 0.29) is 22.5 Å². The zero-order valence-corrected chi connectivity index (χ0v) is 10.3. The first-order valence-electron chi connectivity index (χ1n) is 4.64. The summed E-state index contributed by atoms with van der Waals surface area (Å²) in [5, 5.41) is 28.8. The lowest BCUT2D eigenvalue weighted by atomic mass is 10.0. The third kappa shape index (κ3) is 2.46. The van der Waals surface area contributed by atoms with Crippen LogP contribution in [0.15, 0.2) is 16.6 Å². The summed E-state index contributed by atoms with van der Waals surface area (Å²) < 4.78 is 5.18. The van der Waals surface area contributed by atoms with Gasteiger partial charge < -0.3 is 25.8 Å². The molecular formula is C10H14BrNO4. The number of aliphatic hydroxyl groups excluding tert-OH is 2. The molecule has 16 heavy (non-hydrogen) atoms. The standard InChI is InChI=1S/C10H14BrNO4/c1-16-7-3-2-5(8(11)10(7)15)9(14)6(13)4-12/h2-3,6,9,13-15H,4,12H2,1H3. The number of rotatable bonds is 4. The van der Waals surface area contributed by atoms with E-state index in [0.717, 1.165) is 0 Å². The predicted molar refractivity (Wildman–Crippen MR) is 62.4 cm³/mol. The summed E-state index contributed by atoms with van der Waals surface area (Å²) >= 11 is 3.13. The fourth-order valence-corrected chi connectivity index (χ4v) is 1.85. The van der Waals surface area contributed by atoms with Crippen molar-refractivity contribution >= 4 is 15.9 Å². The fourth-order valence-electron chi connectivity index (χ4n) is 1.29. The second kappa shape index (κ2) is 5.49. The van der Waals surface area contributed by atoms with Crippen molar-refractivity contribution in [3.05, 3.63) is 22.2 Å². The van der Waals surface area contributed by atoms with Crippen LogP contribution in [-0.2, 0) is 0 Å². The van der Waals surface area contributed by atoms with Gasteiger partial charge in [0.15, 0.2) is 11.5 Å². The number of phenols is 1. The molecule has 6 heteroatoms. The summed E-state index contributed by atoms with van der Waals surface area (Å²) in [6, 6.07) is 3.05. The van der Waals surface area contributed by atoms with Crippen LogP contribution in [0.1, 0.15) is 11.7 Å². The van der Waals surface area contributed by atoms with Crippen molar-refractivity contribution in [3.8, 4) is 11.5 Å². The van der Waals surface area contributed by atoms with Crippen LogP contribution in [-0.4, -0.2) is 35.1 Å². The summed E-state index contributed by atoms with van der Waals surface area (Å²) in [6.45, 7) is -0.0690. The van der Waals surface area contributed by atoms with Gasteiger partial charge in [-0.05, 0) is 22.0 Å². The molecule has 0 bridgehead atoms. The Kier molecular flexibility index (Phi) is 4.55. The van der Waals surface area contributed by atoms with Gasteiger partial charge in [0.25, 0.3) is 0 Å². The lowest BCUT2D eigenvalue weighted by molar-refractivity contribution is 0.0237. The highest BCUT2D eigenvalue weighted by atomic mass is 79.9. The first kappa shape index (κ1) is 13.2. The van der Waals surface area contributed by atoms with Gasteiger partial charge >= 0.3 is 0 Å². The van der Waals surface area contributed by atoms with E-state index in [1.54, 1.807) is 6.07 Å². The summed E-state index contributed by atoms with van der Waals surface area (Å²) in [4.78, 5) is 0. The quantitative estimate of drug-likeness (QED) is 0.649. The van der Waals surface area contributed by atoms with E-state index >= 15 is 0 Å². The molecule has 5 nitrogen and oxygen atoms in total. The van der Waals surface area contributed by atoms with Crippen molar-refractivity contribution in [1.29, 1.82) is 0 Å². The molecular weight excluding hydrogens is 278 g/mol. The highest BCUT2D eigenvalue weighted by molar-refractivity contribution is 9.10. The van der Waals surface area contributed by atoms with E-state index in [1.165, 1.54) is 13.2 Å². The number of nitrogens with two attached hydrogens (primary N) is 1. The summed E-state index contributed by atoms with van der Waals surface area (Å²) in [6.07, 6.45) is -2.24. The van der Waals surface area contributed by atoms with E-state index in [0.29, 0.717) is 5.56 Å². The molecule has 0 aliphatic rings. The van der Waals surface area contributed by atoms with Crippen molar-refractivity contribution in [1.82, 2.24) is 0 Å². The monoisotopic (exact) mass is 291 g/mol. The molecule has 1 aromatic carbocycles. The first-order valence-corrected chi connectivity index (χ1v) is 5.43. The van der Waals surface area contributed by atoms with Gasteiger partial charge in [-0.3, -0.25) is 0 Å². The van der Waals surface area contributed by atoms with Crippen molar-refractivity contribution in [2.24, 2.45) is 5.73 Å². The molecule has 0 saturated heterocycles. The highest BCUT2D eigenvalue weighted by Gasteiger charge is 2.22. The van der Waals surface area contributed by atoms with Crippen LogP contribution in [0.25, 0.3) is 0 Å². The smallest absolute Gasteiger partial charge is 0.172 e. The normalized spacial score (nSPS) is 14.6. The molecule has 0 spiro atoms. The second-order valence-electron chi connectivity index (χ2n) is 3.27. The maximum Gasteiger partial charge on any atom is 0.172 e. The van der Waals surface area contributed by atoms with Crippen molar-refractivity contribution in [3.63, 3.8) is 0 Å². The predicted octanol–water partition coefficient (Wildman–Crippen LogP) is 0.516. The van der Waals surface area contributed by atoms with Crippen LogP contribution >= 0.6 is 15.9 Å². The summed E-state index contributed by atoms with van der Waals surface area (Å²) in [5.74, 6) is 0.160. The van der Waals surface area contributed by atoms with Crippen LogP contribution in [0.3, 0.4) is 0 Å². The average Bonchev–Trinajstić information content (AvgIpc) is 2.30. The second-order valence-corrected chi connectivity index (χ2v) is 4.06. The number of benzene rings is 1. The molecule has 0 heterocycles. The van der Waals surface area contributed by atoms with Crippen LogP contribution in [0.5, 0.6) is 11.5 Å². The minimum atomic E-state index is -1.16. The Balaban J connectivity index is 3.11. The molecule has 2 atom stereocenters. The zero-order chi connectivity index (χ0) is 12.3. The van der Waals surface area contributed by atoms with E-state index in [4.69, 9.17) is 10.5 Å². The number of methoxy groups -OCH3 is 1. The average molecular weight is 292 g/mol. The Labute approximate surface area is 102 Å². The highest BCUT2D eigenvalue weighted by Crippen LogP contribution is 2.39. The molecule has 0 aliphatic carbocycles. The van der Waals surface area contributed by atoms with Crippen LogP contribution in [0.2, 0.25) is 0 Å². The Morgan fingerprint density at radius 1 is 1.44 bits per heavy atom. The van der Waals surface area contributed by atoms with Crippen LogP contribution in [0, 0.1) is 0 Å². The number of hydrogen-bond acceptors (Lipinski definition) is 5. The molecule has 90 valence electrons. The van der Waals surface area contributed by atoms with Crippen LogP contribution in [0.4, 0.5) is 0 Å². The number of aliphatic hydroxyl groups is 2. The van der Waals surface area contributed by atoms with Crippen molar-refractivity contribution in [2.45, 2.75) is 12.2 Å². The van der Waals surface area contributed by atoms with Gasteiger partial charge in [-0.15, -0.1) is 0 Å². The molecule has 0 saturated carbocycles. The Morgan fingerprint density at radius 2 is 2.06 bits per heavy atom. The van der Waals surface area contributed by atoms with Gasteiger partial charge in [0.05, 0.1) is 17.7 Å². The van der Waals surface area contributed by atoms with Gasteiger partial charge in [-0.25, -0.2) is 0 Å². The largest absolute Gasteiger partial charge is 0.503 e. The Hall–Kier alpha value is -0.820. The van der Waals surface area contributed by atoms with Crippen molar-refractivity contribution < 1.29 is 20.1 Å². The molecule has 1 aromatic rings. The Bertz CT molecular complexity index is 372. The topological polar surface area (TPSA) is 95.9 Å². The third-order valence-corrected chi connectivity index (χ3v) is 3.09. The van der Waals surface area contributed by atoms with E-state index in [9.17, 15) is 15.3 Å². The first-order chi connectivity index (χ1) is 7.52. The van der Waals surface area contributed by atoms with E-state index in [1.807, 2.05) is 0 Å². The maximum absolute atomic E-state index is 9.75. The summed E-state index contributed by atoms with van der Waals surface area (Å²) in [5.41, 5.74) is 5.60.